The van der Waals surface area contributed by atoms with E-state index in [4.69, 9.17) is 34.8 Å². The average molecular weight is 549 g/mol. The maximum atomic E-state index is 12.4. The summed E-state index contributed by atoms with van der Waals surface area (Å²) in [5.74, 6) is -0.207. The predicted octanol–water partition coefficient (Wildman–Crippen LogP) is 7.75. The Kier molecular flexibility index (Phi) is 8.13. The third kappa shape index (κ3) is 6.52. The minimum Gasteiger partial charge on any atom is -0.322 e. The number of carbonyl (C=O) groups excluding carboxylic acids is 2. The van der Waals surface area contributed by atoms with Crippen LogP contribution in [0.15, 0.2) is 77.0 Å². The second kappa shape index (κ2) is 11.3. The lowest BCUT2D eigenvalue weighted by atomic mass is 10.2. The van der Waals surface area contributed by atoms with E-state index in [2.05, 4.69) is 15.6 Å². The molecular weight excluding hydrogens is 533 g/mol. The second-order valence-corrected chi connectivity index (χ2v) is 10.2. The van der Waals surface area contributed by atoms with Gasteiger partial charge in [0.2, 0.25) is 5.91 Å². The highest BCUT2D eigenvalue weighted by atomic mass is 35.5. The average Bonchev–Trinajstić information content (AvgIpc) is 3.26. The van der Waals surface area contributed by atoms with Crippen molar-refractivity contribution in [2.45, 2.75) is 4.90 Å². The van der Waals surface area contributed by atoms with Crippen molar-refractivity contribution >= 4 is 80.5 Å². The number of carbonyl (C=O) groups is 2. The van der Waals surface area contributed by atoms with Crippen molar-refractivity contribution in [1.82, 2.24) is 4.98 Å². The van der Waals surface area contributed by atoms with Gasteiger partial charge in [-0.1, -0.05) is 40.9 Å². The Labute approximate surface area is 219 Å². The van der Waals surface area contributed by atoms with Gasteiger partial charge in [0.05, 0.1) is 16.5 Å². The molecule has 2 amide bonds. The Balaban J connectivity index is 1.29. The van der Waals surface area contributed by atoms with Crippen LogP contribution in [0.2, 0.25) is 15.1 Å². The van der Waals surface area contributed by atoms with Crippen molar-refractivity contribution in [3.05, 3.63) is 92.7 Å². The van der Waals surface area contributed by atoms with Crippen molar-refractivity contribution in [2.75, 3.05) is 16.4 Å². The molecule has 0 saturated carbocycles. The molecule has 4 rings (SSSR count). The van der Waals surface area contributed by atoms with Gasteiger partial charge in [-0.25, -0.2) is 4.98 Å². The van der Waals surface area contributed by atoms with E-state index in [-0.39, 0.29) is 17.6 Å². The van der Waals surface area contributed by atoms with E-state index < -0.39 is 0 Å². The molecule has 4 aromatic rings. The summed E-state index contributed by atoms with van der Waals surface area (Å²) >= 11 is 20.8. The Hall–Kier alpha value is -2.55. The molecule has 172 valence electrons. The monoisotopic (exact) mass is 547 g/mol. The van der Waals surface area contributed by atoms with Crippen LogP contribution in [0.4, 0.5) is 10.8 Å². The molecule has 0 bridgehead atoms. The smallest absolute Gasteiger partial charge is 0.255 e. The van der Waals surface area contributed by atoms with Crippen LogP contribution in [0.3, 0.4) is 0 Å². The van der Waals surface area contributed by atoms with E-state index in [1.54, 1.807) is 54.6 Å². The molecule has 3 aromatic carbocycles. The summed E-state index contributed by atoms with van der Waals surface area (Å²) in [6.07, 6.45) is 0. The zero-order valence-corrected chi connectivity index (χ0v) is 21.3. The van der Waals surface area contributed by atoms with Crippen molar-refractivity contribution in [3.63, 3.8) is 0 Å². The van der Waals surface area contributed by atoms with Crippen LogP contribution >= 0.6 is 57.9 Å². The third-order valence-corrected chi connectivity index (χ3v) is 7.08. The second-order valence-electron chi connectivity index (χ2n) is 6.99. The molecule has 0 aliphatic carbocycles. The zero-order valence-electron chi connectivity index (χ0n) is 17.3. The highest BCUT2D eigenvalue weighted by Crippen LogP contribution is 2.32. The SMILES string of the molecule is O=C(CSc1ccc(NC(=O)c2cccc(Cl)c2)cc1)Nc1nc(-c2ccc(Cl)cc2Cl)cs1. The first kappa shape index (κ1) is 24.6. The summed E-state index contributed by atoms with van der Waals surface area (Å²) in [5.41, 5.74) is 2.55. The van der Waals surface area contributed by atoms with Gasteiger partial charge in [0.1, 0.15) is 0 Å². The van der Waals surface area contributed by atoms with Gasteiger partial charge in [0.15, 0.2) is 5.13 Å². The van der Waals surface area contributed by atoms with E-state index >= 15 is 0 Å². The van der Waals surface area contributed by atoms with Crippen molar-refractivity contribution in [2.24, 2.45) is 0 Å². The first-order valence-electron chi connectivity index (χ1n) is 9.88. The van der Waals surface area contributed by atoms with Gasteiger partial charge in [-0.05, 0) is 60.7 Å². The lowest BCUT2D eigenvalue weighted by molar-refractivity contribution is -0.113. The number of benzene rings is 3. The number of anilines is 2. The van der Waals surface area contributed by atoms with Crippen LogP contribution in [0, 0.1) is 0 Å². The molecule has 0 fully saturated rings. The number of thioether (sulfide) groups is 1. The summed E-state index contributed by atoms with van der Waals surface area (Å²) in [6, 6.07) is 19.2. The number of aromatic nitrogens is 1. The molecule has 5 nitrogen and oxygen atoms in total. The summed E-state index contributed by atoms with van der Waals surface area (Å²) in [4.78, 5) is 30.0. The molecular formula is C24H16Cl3N3O2S2. The third-order valence-electron chi connectivity index (χ3n) is 4.53. The van der Waals surface area contributed by atoms with Crippen LogP contribution in [0.1, 0.15) is 10.4 Å². The van der Waals surface area contributed by atoms with Gasteiger partial charge in [-0.3, -0.25) is 9.59 Å². The zero-order chi connectivity index (χ0) is 24.1. The van der Waals surface area contributed by atoms with Gasteiger partial charge in [0.25, 0.3) is 5.91 Å². The van der Waals surface area contributed by atoms with Gasteiger partial charge in [-0.15, -0.1) is 23.1 Å². The van der Waals surface area contributed by atoms with Crippen molar-refractivity contribution in [3.8, 4) is 11.3 Å². The fourth-order valence-electron chi connectivity index (χ4n) is 2.92. The lowest BCUT2D eigenvalue weighted by Crippen LogP contribution is -2.13. The first-order chi connectivity index (χ1) is 16.4. The number of nitrogens with one attached hydrogen (secondary N) is 2. The number of halogens is 3. The number of amides is 2. The molecule has 0 atom stereocenters. The van der Waals surface area contributed by atoms with Crippen molar-refractivity contribution in [1.29, 1.82) is 0 Å². The molecule has 1 aromatic heterocycles. The summed E-state index contributed by atoms with van der Waals surface area (Å²) in [5, 5.41) is 9.49. The van der Waals surface area contributed by atoms with E-state index in [0.29, 0.717) is 37.1 Å². The predicted molar refractivity (Wildman–Crippen MR) is 143 cm³/mol. The highest BCUT2D eigenvalue weighted by molar-refractivity contribution is 8.00. The number of thiazole rings is 1. The van der Waals surface area contributed by atoms with E-state index in [9.17, 15) is 9.59 Å². The van der Waals surface area contributed by atoms with Crippen LogP contribution in [-0.4, -0.2) is 22.6 Å². The standard InChI is InChI=1S/C24H16Cl3N3O2S2/c25-15-3-1-2-14(10-15)23(32)28-17-5-7-18(8-6-17)33-13-22(31)30-24-29-21(12-34-24)19-9-4-16(26)11-20(19)27/h1-12H,13H2,(H,28,32)(H,29,30,31). The molecule has 2 N–H and O–H groups in total. The Morgan fingerprint density at radius 2 is 1.68 bits per heavy atom. The molecule has 0 saturated heterocycles. The van der Waals surface area contributed by atoms with E-state index in [1.165, 1.54) is 23.1 Å². The summed E-state index contributed by atoms with van der Waals surface area (Å²) in [6.45, 7) is 0. The Morgan fingerprint density at radius 1 is 0.912 bits per heavy atom. The Bertz CT molecular complexity index is 1340. The number of hydrogen-bond acceptors (Lipinski definition) is 5. The minimum atomic E-state index is -0.245. The van der Waals surface area contributed by atoms with Gasteiger partial charge < -0.3 is 10.6 Å². The van der Waals surface area contributed by atoms with Gasteiger partial charge in [0, 0.05) is 37.1 Å². The van der Waals surface area contributed by atoms with Crippen LogP contribution in [0.25, 0.3) is 11.3 Å². The van der Waals surface area contributed by atoms with Crippen LogP contribution < -0.4 is 10.6 Å². The van der Waals surface area contributed by atoms with Gasteiger partial charge >= 0.3 is 0 Å². The lowest BCUT2D eigenvalue weighted by Gasteiger charge is -2.07. The highest BCUT2D eigenvalue weighted by Gasteiger charge is 2.12. The van der Waals surface area contributed by atoms with Crippen LogP contribution in [-0.2, 0) is 4.79 Å². The van der Waals surface area contributed by atoms with Gasteiger partial charge in [-0.2, -0.15) is 0 Å². The fraction of sp³-hybridized carbons (Fsp3) is 0.0417. The van der Waals surface area contributed by atoms with Crippen molar-refractivity contribution < 1.29 is 9.59 Å². The number of hydrogen-bond donors (Lipinski definition) is 2. The molecule has 0 aliphatic rings. The van der Waals surface area contributed by atoms with Crippen LogP contribution in [0.5, 0.6) is 0 Å². The number of rotatable bonds is 7. The maximum Gasteiger partial charge on any atom is 0.255 e. The largest absolute Gasteiger partial charge is 0.322 e. The molecule has 1 heterocycles. The molecule has 0 unspecified atom stereocenters. The number of nitrogens with zero attached hydrogens (tertiary/aromatic N) is 1. The topological polar surface area (TPSA) is 71.1 Å². The molecule has 0 aliphatic heterocycles. The minimum absolute atomic E-state index is 0.175. The summed E-state index contributed by atoms with van der Waals surface area (Å²) in [7, 11) is 0. The fourth-order valence-corrected chi connectivity index (χ4v) is 5.04. The molecule has 0 spiro atoms. The van der Waals surface area contributed by atoms with E-state index in [1.807, 2.05) is 17.5 Å². The normalized spacial score (nSPS) is 10.7. The van der Waals surface area contributed by atoms with E-state index in [0.717, 1.165) is 10.5 Å². The quantitative estimate of drug-likeness (QED) is 0.232. The Morgan fingerprint density at radius 3 is 2.41 bits per heavy atom. The maximum absolute atomic E-state index is 12.4. The first-order valence-corrected chi connectivity index (χ1v) is 12.9. The molecule has 34 heavy (non-hydrogen) atoms. The molecule has 0 radical (unpaired) electrons. The summed E-state index contributed by atoms with van der Waals surface area (Å²) < 4.78 is 0. The molecule has 10 heteroatoms.